The molecule has 0 amide bonds. The molecule has 0 aliphatic rings. The van der Waals surface area contributed by atoms with Crippen molar-refractivity contribution >= 4 is 15.9 Å². The standard InChI is InChI=1S/C15H19BrFN3O/c1-9(2)20-15(11(16)8-19-20)14(18-3)10-5-6-12(17)13(7-10)21-4/h5-9,14,18H,1-4H3. The Morgan fingerprint density at radius 3 is 2.67 bits per heavy atom. The third kappa shape index (κ3) is 3.11. The zero-order valence-corrected chi connectivity index (χ0v) is 14.1. The Morgan fingerprint density at radius 2 is 2.10 bits per heavy atom. The number of ether oxygens (including phenoxy) is 1. The van der Waals surface area contributed by atoms with Gasteiger partial charge in [-0.2, -0.15) is 5.10 Å². The second kappa shape index (κ2) is 6.58. The van der Waals surface area contributed by atoms with Gasteiger partial charge in [0.05, 0.1) is 29.5 Å². The summed E-state index contributed by atoms with van der Waals surface area (Å²) in [6.07, 6.45) is 1.78. The summed E-state index contributed by atoms with van der Waals surface area (Å²) in [5, 5.41) is 7.65. The largest absolute Gasteiger partial charge is 0.494 e. The number of hydrogen-bond acceptors (Lipinski definition) is 3. The first-order valence-electron chi connectivity index (χ1n) is 6.73. The minimum Gasteiger partial charge on any atom is -0.494 e. The van der Waals surface area contributed by atoms with E-state index in [1.807, 2.05) is 11.7 Å². The lowest BCUT2D eigenvalue weighted by atomic mass is 10.0. The predicted molar refractivity (Wildman–Crippen MR) is 84.2 cm³/mol. The second-order valence-corrected chi connectivity index (χ2v) is 5.89. The summed E-state index contributed by atoms with van der Waals surface area (Å²) in [5.41, 5.74) is 1.92. The first-order chi connectivity index (χ1) is 9.99. The van der Waals surface area contributed by atoms with Crippen LogP contribution in [0.15, 0.2) is 28.9 Å². The lowest BCUT2D eigenvalue weighted by molar-refractivity contribution is 0.385. The first kappa shape index (κ1) is 16.0. The second-order valence-electron chi connectivity index (χ2n) is 5.03. The third-order valence-corrected chi connectivity index (χ3v) is 3.96. The fourth-order valence-corrected chi connectivity index (χ4v) is 2.85. The van der Waals surface area contributed by atoms with Crippen LogP contribution in [0, 0.1) is 5.82 Å². The number of aromatic nitrogens is 2. The highest BCUT2D eigenvalue weighted by Gasteiger charge is 2.22. The molecule has 0 radical (unpaired) electrons. The summed E-state index contributed by atoms with van der Waals surface area (Å²) in [5.74, 6) is -0.132. The van der Waals surface area contributed by atoms with Crippen molar-refractivity contribution in [3.63, 3.8) is 0 Å². The smallest absolute Gasteiger partial charge is 0.165 e. The molecule has 0 spiro atoms. The summed E-state index contributed by atoms with van der Waals surface area (Å²) < 4.78 is 21.5. The van der Waals surface area contributed by atoms with Crippen molar-refractivity contribution in [2.75, 3.05) is 14.2 Å². The number of hydrogen-bond donors (Lipinski definition) is 1. The number of nitrogens with zero attached hydrogens (tertiary/aromatic N) is 2. The zero-order chi connectivity index (χ0) is 15.6. The van der Waals surface area contributed by atoms with Crippen molar-refractivity contribution in [3.05, 3.63) is 45.9 Å². The number of halogens is 2. The predicted octanol–water partition coefficient (Wildman–Crippen LogP) is 3.68. The molecule has 2 aromatic rings. The number of benzene rings is 1. The normalized spacial score (nSPS) is 12.7. The van der Waals surface area contributed by atoms with E-state index in [0.717, 1.165) is 15.7 Å². The van der Waals surface area contributed by atoms with Gasteiger partial charge in [0.2, 0.25) is 0 Å². The number of nitrogens with one attached hydrogen (secondary N) is 1. The molecule has 0 aliphatic carbocycles. The monoisotopic (exact) mass is 355 g/mol. The SMILES string of the molecule is CNC(c1ccc(F)c(OC)c1)c1c(Br)cnn1C(C)C. The van der Waals surface area contributed by atoms with Gasteiger partial charge in [0, 0.05) is 6.04 Å². The Labute approximate surface area is 132 Å². The molecule has 0 saturated carbocycles. The van der Waals surface area contributed by atoms with Crippen molar-refractivity contribution in [2.24, 2.45) is 0 Å². The van der Waals surface area contributed by atoms with Gasteiger partial charge in [-0.15, -0.1) is 0 Å². The summed E-state index contributed by atoms with van der Waals surface area (Å²) in [6, 6.07) is 5.00. The van der Waals surface area contributed by atoms with Gasteiger partial charge in [0.1, 0.15) is 0 Å². The highest BCUT2D eigenvalue weighted by atomic mass is 79.9. The van der Waals surface area contributed by atoms with Gasteiger partial charge in [-0.3, -0.25) is 4.68 Å². The van der Waals surface area contributed by atoms with E-state index in [2.05, 4.69) is 40.2 Å². The van der Waals surface area contributed by atoms with E-state index in [1.54, 1.807) is 18.3 Å². The van der Waals surface area contributed by atoms with E-state index in [4.69, 9.17) is 4.74 Å². The van der Waals surface area contributed by atoms with E-state index >= 15 is 0 Å². The zero-order valence-electron chi connectivity index (χ0n) is 12.5. The van der Waals surface area contributed by atoms with E-state index in [1.165, 1.54) is 13.2 Å². The molecule has 4 nitrogen and oxygen atoms in total. The Bertz CT molecular complexity index is 627. The molecular formula is C15H19BrFN3O. The van der Waals surface area contributed by atoms with Crippen LogP contribution in [-0.2, 0) is 0 Å². The lowest BCUT2D eigenvalue weighted by Crippen LogP contribution is -2.23. The fourth-order valence-electron chi connectivity index (χ4n) is 2.35. The lowest BCUT2D eigenvalue weighted by Gasteiger charge is -2.21. The summed E-state index contributed by atoms with van der Waals surface area (Å²) in [4.78, 5) is 0. The highest BCUT2D eigenvalue weighted by Crippen LogP contribution is 2.32. The molecule has 1 aromatic heterocycles. The molecule has 0 saturated heterocycles. The maximum atomic E-state index is 13.6. The summed E-state index contributed by atoms with van der Waals surface area (Å²) in [7, 11) is 3.33. The van der Waals surface area contributed by atoms with Gasteiger partial charge in [-0.25, -0.2) is 4.39 Å². The van der Waals surface area contributed by atoms with Gasteiger partial charge < -0.3 is 10.1 Å². The van der Waals surface area contributed by atoms with Crippen LogP contribution in [-0.4, -0.2) is 23.9 Å². The molecule has 0 fully saturated rings. The quantitative estimate of drug-likeness (QED) is 0.888. The summed E-state index contributed by atoms with van der Waals surface area (Å²) in [6.45, 7) is 4.14. The highest BCUT2D eigenvalue weighted by molar-refractivity contribution is 9.10. The molecule has 1 unspecified atom stereocenters. The Hall–Kier alpha value is -1.40. The van der Waals surface area contributed by atoms with Crippen LogP contribution in [0.5, 0.6) is 5.75 Å². The minimum absolute atomic E-state index is 0.112. The van der Waals surface area contributed by atoms with Crippen LogP contribution in [0.25, 0.3) is 0 Å². The van der Waals surface area contributed by atoms with Crippen LogP contribution in [0.3, 0.4) is 0 Å². The van der Waals surface area contributed by atoms with Crippen molar-refractivity contribution in [2.45, 2.75) is 25.9 Å². The molecule has 21 heavy (non-hydrogen) atoms. The molecule has 2 rings (SSSR count). The minimum atomic E-state index is -0.368. The molecular weight excluding hydrogens is 337 g/mol. The first-order valence-corrected chi connectivity index (χ1v) is 7.52. The van der Waals surface area contributed by atoms with Crippen molar-refractivity contribution in [3.8, 4) is 5.75 Å². The van der Waals surface area contributed by atoms with Crippen LogP contribution >= 0.6 is 15.9 Å². The van der Waals surface area contributed by atoms with Crippen molar-refractivity contribution < 1.29 is 9.13 Å². The Balaban J connectivity index is 2.52. The fraction of sp³-hybridized carbons (Fsp3) is 0.400. The molecule has 0 aliphatic heterocycles. The molecule has 1 heterocycles. The molecule has 1 atom stereocenters. The third-order valence-electron chi connectivity index (χ3n) is 3.35. The van der Waals surface area contributed by atoms with Gasteiger partial charge in [0.25, 0.3) is 0 Å². The van der Waals surface area contributed by atoms with E-state index in [9.17, 15) is 4.39 Å². The number of methoxy groups -OCH3 is 1. The molecule has 1 N–H and O–H groups in total. The van der Waals surface area contributed by atoms with Crippen LogP contribution < -0.4 is 10.1 Å². The Morgan fingerprint density at radius 1 is 1.38 bits per heavy atom. The molecule has 1 aromatic carbocycles. The van der Waals surface area contributed by atoms with Gasteiger partial charge in [0.15, 0.2) is 11.6 Å². The van der Waals surface area contributed by atoms with E-state index in [0.29, 0.717) is 0 Å². The topological polar surface area (TPSA) is 39.1 Å². The van der Waals surface area contributed by atoms with Crippen LogP contribution in [0.4, 0.5) is 4.39 Å². The van der Waals surface area contributed by atoms with Crippen LogP contribution in [0.1, 0.15) is 37.2 Å². The number of rotatable bonds is 5. The van der Waals surface area contributed by atoms with Crippen molar-refractivity contribution in [1.29, 1.82) is 0 Å². The molecule has 114 valence electrons. The van der Waals surface area contributed by atoms with E-state index in [-0.39, 0.29) is 23.7 Å². The molecule has 0 bridgehead atoms. The summed E-state index contributed by atoms with van der Waals surface area (Å²) >= 11 is 3.55. The van der Waals surface area contributed by atoms with Gasteiger partial charge in [-0.1, -0.05) is 6.07 Å². The maximum absolute atomic E-state index is 13.6. The van der Waals surface area contributed by atoms with Gasteiger partial charge >= 0.3 is 0 Å². The van der Waals surface area contributed by atoms with Crippen molar-refractivity contribution in [1.82, 2.24) is 15.1 Å². The maximum Gasteiger partial charge on any atom is 0.165 e. The average Bonchev–Trinajstić information content (AvgIpc) is 2.84. The molecule has 6 heteroatoms. The van der Waals surface area contributed by atoms with Crippen LogP contribution in [0.2, 0.25) is 0 Å². The van der Waals surface area contributed by atoms with Gasteiger partial charge in [-0.05, 0) is 54.5 Å². The van der Waals surface area contributed by atoms with E-state index < -0.39 is 0 Å². The Kier molecular flexibility index (Phi) is 5.00. The average molecular weight is 356 g/mol.